The van der Waals surface area contributed by atoms with Gasteiger partial charge in [-0.2, -0.15) is 0 Å². The Morgan fingerprint density at radius 2 is 1.96 bits per heavy atom. The molecule has 6 nitrogen and oxygen atoms in total. The molecule has 1 saturated heterocycles. The van der Waals surface area contributed by atoms with Crippen LogP contribution in [0.5, 0.6) is 0 Å². The van der Waals surface area contributed by atoms with Crippen molar-refractivity contribution in [3.8, 4) is 11.4 Å². The lowest BCUT2D eigenvalue weighted by Gasteiger charge is -2.20. The first kappa shape index (κ1) is 17.4. The van der Waals surface area contributed by atoms with Crippen LogP contribution in [-0.4, -0.2) is 41.1 Å². The van der Waals surface area contributed by atoms with Gasteiger partial charge in [-0.25, -0.2) is 0 Å². The van der Waals surface area contributed by atoms with E-state index in [1.807, 2.05) is 66.5 Å². The van der Waals surface area contributed by atoms with Gasteiger partial charge in [-0.3, -0.25) is 14.7 Å². The number of rotatable bonds is 6. The van der Waals surface area contributed by atoms with Gasteiger partial charge in [-0.1, -0.05) is 29.4 Å². The number of carbonyl (C=O) groups is 1. The minimum Gasteiger partial charge on any atom is -0.359 e. The number of carbonyl (C=O) groups excluding carboxylic acids is 1. The fraction of sp³-hybridized carbons (Fsp3) is 0.286. The molecule has 0 N–H and O–H groups in total. The Hall–Kier alpha value is -2.99. The Morgan fingerprint density at radius 3 is 2.74 bits per heavy atom. The van der Waals surface area contributed by atoms with Gasteiger partial charge in [0.25, 0.3) is 0 Å². The number of hydrogen-bond donors (Lipinski definition) is 0. The molecule has 4 rings (SSSR count). The van der Waals surface area contributed by atoms with E-state index in [0.717, 1.165) is 35.9 Å². The van der Waals surface area contributed by atoms with Crippen molar-refractivity contribution in [1.82, 2.24) is 15.0 Å². The number of benzene rings is 1. The number of para-hydroxylation sites is 1. The van der Waals surface area contributed by atoms with Crippen LogP contribution < -0.4 is 4.90 Å². The van der Waals surface area contributed by atoms with Crippen LogP contribution in [0, 0.1) is 5.92 Å². The van der Waals surface area contributed by atoms with E-state index in [4.69, 9.17) is 4.52 Å². The van der Waals surface area contributed by atoms with Crippen LogP contribution in [0.1, 0.15) is 12.2 Å². The van der Waals surface area contributed by atoms with Crippen LogP contribution in [0.3, 0.4) is 0 Å². The number of hydrogen-bond acceptors (Lipinski definition) is 5. The van der Waals surface area contributed by atoms with Gasteiger partial charge in [0.1, 0.15) is 5.69 Å². The highest BCUT2D eigenvalue weighted by Gasteiger charge is 2.31. The fourth-order valence-corrected chi connectivity index (χ4v) is 3.56. The van der Waals surface area contributed by atoms with Crippen LogP contribution in [0.25, 0.3) is 11.4 Å². The van der Waals surface area contributed by atoms with Crippen molar-refractivity contribution >= 4 is 11.6 Å². The van der Waals surface area contributed by atoms with E-state index in [1.165, 1.54) is 0 Å². The average Bonchev–Trinajstić information content (AvgIpc) is 3.29. The zero-order chi connectivity index (χ0) is 18.6. The lowest BCUT2D eigenvalue weighted by molar-refractivity contribution is -0.117. The van der Waals surface area contributed by atoms with Gasteiger partial charge in [-0.15, -0.1) is 0 Å². The van der Waals surface area contributed by atoms with Crippen LogP contribution in [0.4, 0.5) is 5.69 Å². The van der Waals surface area contributed by atoms with Crippen molar-refractivity contribution in [2.24, 2.45) is 5.92 Å². The monoisotopic (exact) mass is 362 g/mol. The summed E-state index contributed by atoms with van der Waals surface area (Å²) >= 11 is 0. The molecule has 2 aromatic heterocycles. The minimum absolute atomic E-state index is 0.191. The second-order valence-corrected chi connectivity index (χ2v) is 7.00. The quantitative estimate of drug-likeness (QED) is 0.674. The van der Waals surface area contributed by atoms with E-state index in [1.54, 1.807) is 6.20 Å². The van der Waals surface area contributed by atoms with Gasteiger partial charge in [0.15, 0.2) is 5.76 Å². The molecule has 138 valence electrons. The number of anilines is 1. The highest BCUT2D eigenvalue weighted by atomic mass is 16.5. The molecule has 0 spiro atoms. The van der Waals surface area contributed by atoms with E-state index in [0.29, 0.717) is 18.9 Å². The Morgan fingerprint density at radius 1 is 1.15 bits per heavy atom. The summed E-state index contributed by atoms with van der Waals surface area (Å²) in [5, 5.41) is 4.11. The maximum Gasteiger partial charge on any atom is 0.227 e. The molecule has 1 amide bonds. The van der Waals surface area contributed by atoms with Gasteiger partial charge in [-0.05, 0) is 37.2 Å². The third kappa shape index (κ3) is 4.06. The molecule has 1 aliphatic heterocycles. The van der Waals surface area contributed by atoms with Crippen LogP contribution in [0.15, 0.2) is 65.3 Å². The Kier molecular flexibility index (Phi) is 4.98. The summed E-state index contributed by atoms with van der Waals surface area (Å²) in [6, 6.07) is 17.5. The highest BCUT2D eigenvalue weighted by Crippen LogP contribution is 2.25. The Labute approximate surface area is 158 Å². The molecule has 0 aliphatic carbocycles. The summed E-state index contributed by atoms with van der Waals surface area (Å²) in [7, 11) is 2.04. The summed E-state index contributed by atoms with van der Waals surface area (Å²) in [6.45, 7) is 2.23. The Balaban J connectivity index is 1.34. The minimum atomic E-state index is 0.191. The number of nitrogens with zero attached hydrogens (tertiary/aromatic N) is 4. The molecule has 0 radical (unpaired) electrons. The largest absolute Gasteiger partial charge is 0.359 e. The molecule has 0 bridgehead atoms. The van der Waals surface area contributed by atoms with Crippen molar-refractivity contribution in [3.05, 3.63) is 66.6 Å². The molecule has 1 fully saturated rings. The highest BCUT2D eigenvalue weighted by molar-refractivity contribution is 5.95. The number of pyridine rings is 1. The molecule has 0 unspecified atom stereocenters. The smallest absolute Gasteiger partial charge is 0.227 e. The SMILES string of the molecule is CN(Cc1cc(-c2ccccn2)no1)C[C@H]1CC(=O)N(c2ccccc2)C1. The van der Waals surface area contributed by atoms with Crippen LogP contribution in [-0.2, 0) is 11.3 Å². The molecule has 1 aliphatic rings. The summed E-state index contributed by atoms with van der Waals surface area (Å²) in [6.07, 6.45) is 2.32. The lowest BCUT2D eigenvalue weighted by Crippen LogP contribution is -2.28. The summed E-state index contributed by atoms with van der Waals surface area (Å²) in [5.74, 6) is 1.29. The predicted octanol–water partition coefficient (Wildman–Crippen LogP) is 3.22. The normalized spacial score (nSPS) is 17.0. The van der Waals surface area contributed by atoms with Crippen molar-refractivity contribution in [3.63, 3.8) is 0 Å². The number of amides is 1. The third-order valence-electron chi connectivity index (χ3n) is 4.75. The maximum absolute atomic E-state index is 12.4. The third-order valence-corrected chi connectivity index (χ3v) is 4.75. The van der Waals surface area contributed by atoms with Crippen LogP contribution in [0.2, 0.25) is 0 Å². The molecular formula is C21H22N4O2. The zero-order valence-corrected chi connectivity index (χ0v) is 15.3. The van der Waals surface area contributed by atoms with Crippen LogP contribution >= 0.6 is 0 Å². The van der Waals surface area contributed by atoms with Crippen molar-refractivity contribution in [1.29, 1.82) is 0 Å². The summed E-state index contributed by atoms with van der Waals surface area (Å²) in [4.78, 5) is 20.7. The second kappa shape index (κ2) is 7.72. The summed E-state index contributed by atoms with van der Waals surface area (Å²) in [5.41, 5.74) is 2.52. The van der Waals surface area contributed by atoms with E-state index < -0.39 is 0 Å². The van der Waals surface area contributed by atoms with E-state index in [2.05, 4.69) is 15.0 Å². The molecule has 1 aromatic carbocycles. The maximum atomic E-state index is 12.4. The molecule has 6 heteroatoms. The first-order valence-corrected chi connectivity index (χ1v) is 9.10. The van der Waals surface area contributed by atoms with E-state index in [-0.39, 0.29) is 5.91 Å². The predicted molar refractivity (Wildman–Crippen MR) is 103 cm³/mol. The molecule has 3 heterocycles. The van der Waals surface area contributed by atoms with Gasteiger partial charge >= 0.3 is 0 Å². The number of aromatic nitrogens is 2. The fourth-order valence-electron chi connectivity index (χ4n) is 3.56. The topological polar surface area (TPSA) is 62.5 Å². The van der Waals surface area contributed by atoms with Gasteiger partial charge in [0.2, 0.25) is 5.91 Å². The molecule has 1 atom stereocenters. The molecule has 27 heavy (non-hydrogen) atoms. The second-order valence-electron chi connectivity index (χ2n) is 7.00. The zero-order valence-electron chi connectivity index (χ0n) is 15.3. The summed E-state index contributed by atoms with van der Waals surface area (Å²) < 4.78 is 5.46. The first-order valence-electron chi connectivity index (χ1n) is 9.10. The van der Waals surface area contributed by atoms with Gasteiger partial charge in [0, 0.05) is 37.5 Å². The first-order chi connectivity index (χ1) is 13.2. The standard InChI is InChI=1S/C21H22N4O2/c1-24(15-18-12-20(23-27-18)19-9-5-6-10-22-19)13-16-11-21(26)25(14-16)17-7-3-2-4-8-17/h2-10,12,16H,11,13-15H2,1H3/t16-/m1/s1. The van der Waals surface area contributed by atoms with Crippen molar-refractivity contribution in [2.75, 3.05) is 25.0 Å². The Bertz CT molecular complexity index is 895. The molecular weight excluding hydrogens is 340 g/mol. The van der Waals surface area contributed by atoms with Crippen molar-refractivity contribution in [2.45, 2.75) is 13.0 Å². The van der Waals surface area contributed by atoms with Gasteiger partial charge < -0.3 is 9.42 Å². The lowest BCUT2D eigenvalue weighted by atomic mass is 10.1. The molecule has 3 aromatic rings. The average molecular weight is 362 g/mol. The van der Waals surface area contributed by atoms with E-state index >= 15 is 0 Å². The molecule has 0 saturated carbocycles. The van der Waals surface area contributed by atoms with Crippen molar-refractivity contribution < 1.29 is 9.32 Å². The van der Waals surface area contributed by atoms with E-state index in [9.17, 15) is 4.79 Å². The van der Waals surface area contributed by atoms with Gasteiger partial charge in [0.05, 0.1) is 12.2 Å².